The summed E-state index contributed by atoms with van der Waals surface area (Å²) in [7, 11) is 0. The number of hydrogen-bond acceptors (Lipinski definition) is 4. The zero-order valence-electron chi connectivity index (χ0n) is 17.3. The third-order valence-electron chi connectivity index (χ3n) is 5.26. The molecule has 164 valence electrons. The molecular weight excluding hydrogens is 538 g/mol. The van der Waals surface area contributed by atoms with Gasteiger partial charge in [0.2, 0.25) is 0 Å². The summed E-state index contributed by atoms with van der Waals surface area (Å²) in [4.78, 5) is 0. The molecule has 4 heterocycles. The molecule has 2 aliphatic heterocycles. The Hall–Kier alpha value is -2.32. The first-order valence-corrected chi connectivity index (χ1v) is 12.1. The monoisotopic (exact) mass is 562 g/mol. The van der Waals surface area contributed by atoms with E-state index in [0.29, 0.717) is 13.2 Å². The molecule has 2 aliphatic rings. The van der Waals surface area contributed by atoms with Crippen molar-refractivity contribution in [1.29, 1.82) is 0 Å². The molecule has 0 amide bonds. The fraction of sp³-hybridized carbons (Fsp3) is 0.273. The molecule has 0 radical (unpaired) electrons. The molecule has 0 fully saturated rings. The van der Waals surface area contributed by atoms with Gasteiger partial charge >= 0.3 is 201 Å². The zero-order valence-corrected chi connectivity index (χ0v) is 20.8. The van der Waals surface area contributed by atoms with Gasteiger partial charge in [0.15, 0.2) is 0 Å². The predicted molar refractivity (Wildman–Crippen MR) is 120 cm³/mol. The summed E-state index contributed by atoms with van der Waals surface area (Å²) in [6, 6.07) is 20.2. The average Bonchev–Trinajstić information content (AvgIpc) is 3.38. The standard InChI is InChI=1S/2C11H11N3OSe/c2*16-11-13-6-7-15-8-10(13)12-14(11)9-4-2-1-3-5-9/h2*1-5H,6-8H2. The Morgan fingerprint density at radius 1 is 0.625 bits per heavy atom. The van der Waals surface area contributed by atoms with E-state index in [1.165, 1.54) is 0 Å². The van der Waals surface area contributed by atoms with Crippen molar-refractivity contribution in [1.82, 2.24) is 28.7 Å². The van der Waals surface area contributed by atoms with Crippen molar-refractivity contribution in [3.63, 3.8) is 0 Å². The van der Waals surface area contributed by atoms with Crippen LogP contribution in [0, 0.1) is 8.65 Å². The Balaban J connectivity index is 0.000000135. The number of nitrogens with zero attached hydrogens (tertiary/aromatic N) is 6. The molecule has 8 nitrogen and oxygen atoms in total. The summed E-state index contributed by atoms with van der Waals surface area (Å²) >= 11 is 6.17. The van der Waals surface area contributed by atoms with Gasteiger partial charge in [-0.05, 0) is 0 Å². The molecule has 0 spiro atoms. The molecule has 0 saturated carbocycles. The van der Waals surface area contributed by atoms with Gasteiger partial charge in [0.25, 0.3) is 0 Å². The minimum absolute atomic E-state index is 0.592. The second-order valence-corrected chi connectivity index (χ2v) is 8.83. The van der Waals surface area contributed by atoms with E-state index in [4.69, 9.17) is 9.47 Å². The molecule has 2 aromatic heterocycles. The van der Waals surface area contributed by atoms with Crippen molar-refractivity contribution in [3.05, 3.63) is 81.0 Å². The Kier molecular flexibility index (Phi) is 6.50. The second-order valence-electron chi connectivity index (χ2n) is 7.30. The fourth-order valence-corrected chi connectivity index (χ4v) is 5.09. The summed E-state index contributed by atoms with van der Waals surface area (Å²) in [5, 5.41) is 9.09. The van der Waals surface area contributed by atoms with Gasteiger partial charge in [-0.2, -0.15) is 0 Å². The molecule has 0 bridgehead atoms. The molecule has 10 heteroatoms. The van der Waals surface area contributed by atoms with Gasteiger partial charge < -0.3 is 0 Å². The molecule has 2 aromatic carbocycles. The van der Waals surface area contributed by atoms with E-state index in [-0.39, 0.29) is 0 Å². The van der Waals surface area contributed by atoms with Crippen LogP contribution >= 0.6 is 0 Å². The predicted octanol–water partition coefficient (Wildman–Crippen LogP) is 1.81. The Labute approximate surface area is 200 Å². The normalized spacial score (nSPS) is 14.8. The van der Waals surface area contributed by atoms with Gasteiger partial charge in [-0.25, -0.2) is 0 Å². The van der Waals surface area contributed by atoms with Crippen molar-refractivity contribution in [2.24, 2.45) is 0 Å². The van der Waals surface area contributed by atoms with Gasteiger partial charge in [0, 0.05) is 0 Å². The van der Waals surface area contributed by atoms with Crippen LogP contribution in [0.5, 0.6) is 0 Å². The van der Waals surface area contributed by atoms with Crippen molar-refractivity contribution >= 4 is 31.2 Å². The van der Waals surface area contributed by atoms with E-state index < -0.39 is 0 Å². The first-order chi connectivity index (χ1) is 15.7. The van der Waals surface area contributed by atoms with Crippen molar-refractivity contribution in [2.75, 3.05) is 13.2 Å². The third-order valence-corrected chi connectivity index (χ3v) is 6.91. The van der Waals surface area contributed by atoms with Crippen LogP contribution in [0.25, 0.3) is 11.4 Å². The Morgan fingerprint density at radius 3 is 1.41 bits per heavy atom. The number of para-hydroxylation sites is 2. The number of rotatable bonds is 2. The van der Waals surface area contributed by atoms with Gasteiger partial charge in [-0.1, -0.05) is 0 Å². The number of fused-ring (bicyclic) bond motifs is 2. The number of aromatic nitrogens is 6. The van der Waals surface area contributed by atoms with Gasteiger partial charge in [-0.15, -0.1) is 0 Å². The van der Waals surface area contributed by atoms with Crippen molar-refractivity contribution in [2.45, 2.75) is 26.3 Å². The molecule has 0 unspecified atom stereocenters. The van der Waals surface area contributed by atoms with E-state index in [0.717, 1.165) is 58.0 Å². The van der Waals surface area contributed by atoms with Crippen LogP contribution in [0.4, 0.5) is 0 Å². The van der Waals surface area contributed by atoms with Gasteiger partial charge in [0.1, 0.15) is 0 Å². The van der Waals surface area contributed by atoms with Crippen LogP contribution in [-0.4, -0.2) is 73.1 Å². The van der Waals surface area contributed by atoms with Crippen LogP contribution in [0.3, 0.4) is 0 Å². The van der Waals surface area contributed by atoms with Crippen LogP contribution in [0.1, 0.15) is 11.6 Å². The zero-order chi connectivity index (χ0) is 21.9. The number of ether oxygens (including phenoxy) is 2. The second kappa shape index (κ2) is 9.67. The molecule has 6 rings (SSSR count). The van der Waals surface area contributed by atoms with Crippen molar-refractivity contribution < 1.29 is 9.47 Å². The maximum absolute atomic E-state index is 5.39. The third kappa shape index (κ3) is 4.30. The van der Waals surface area contributed by atoms with Crippen LogP contribution in [-0.2, 0) is 35.8 Å². The summed E-state index contributed by atoms with van der Waals surface area (Å²) in [5.41, 5.74) is 2.14. The molecule has 4 aromatic rings. The van der Waals surface area contributed by atoms with E-state index in [2.05, 4.69) is 50.5 Å². The molecular formula is C22H22N6O2Se2. The number of hydrogen-bond donors (Lipinski definition) is 0. The topological polar surface area (TPSA) is 64.0 Å². The number of benzene rings is 2. The fourth-order valence-electron chi connectivity index (χ4n) is 3.65. The van der Waals surface area contributed by atoms with E-state index in [1.807, 2.05) is 70.0 Å². The van der Waals surface area contributed by atoms with Crippen LogP contribution < -0.4 is 0 Å². The summed E-state index contributed by atoms with van der Waals surface area (Å²) in [6.07, 6.45) is 0. The van der Waals surface area contributed by atoms with Crippen LogP contribution in [0.15, 0.2) is 60.7 Å². The molecule has 0 N–H and O–H groups in total. The average molecular weight is 560 g/mol. The maximum atomic E-state index is 5.39. The van der Waals surface area contributed by atoms with E-state index in [9.17, 15) is 0 Å². The Morgan fingerprint density at radius 2 is 1.03 bits per heavy atom. The molecule has 0 aliphatic carbocycles. The quantitative estimate of drug-likeness (QED) is 0.351. The first-order valence-electron chi connectivity index (χ1n) is 10.4. The minimum atomic E-state index is 0.592. The SMILES string of the molecule is [Se]=c1n(-c2ccccc2)nc2n1CCOC2.[Se]=c1n(-c2ccccc2)nc2n1CCOC2. The summed E-state index contributed by atoms with van der Waals surface area (Å²) in [5.74, 6) is 1.95. The summed E-state index contributed by atoms with van der Waals surface area (Å²) < 4.78 is 21.0. The molecule has 0 atom stereocenters. The van der Waals surface area contributed by atoms with E-state index >= 15 is 0 Å². The van der Waals surface area contributed by atoms with E-state index in [1.54, 1.807) is 0 Å². The van der Waals surface area contributed by atoms with Crippen molar-refractivity contribution in [3.8, 4) is 11.4 Å². The Bertz CT molecular complexity index is 1220. The molecule has 0 saturated heterocycles. The van der Waals surface area contributed by atoms with Gasteiger partial charge in [0.05, 0.1) is 0 Å². The van der Waals surface area contributed by atoms with Crippen LogP contribution in [0.2, 0.25) is 0 Å². The molecule has 32 heavy (non-hydrogen) atoms. The van der Waals surface area contributed by atoms with Gasteiger partial charge in [-0.3, -0.25) is 0 Å². The first kappa shape index (κ1) is 21.5. The summed E-state index contributed by atoms with van der Waals surface area (Å²) in [6.45, 7) is 4.43.